The molecule has 1 unspecified atom stereocenters. The molecular formula is C13H30N2. The monoisotopic (exact) mass is 214 g/mol. The van der Waals surface area contributed by atoms with E-state index in [0.717, 1.165) is 12.6 Å². The number of hydrogen-bond donors (Lipinski definition) is 1. The van der Waals surface area contributed by atoms with Crippen LogP contribution >= 0.6 is 0 Å². The zero-order chi connectivity index (χ0) is 11.7. The summed E-state index contributed by atoms with van der Waals surface area (Å²) in [7, 11) is 0. The van der Waals surface area contributed by atoms with E-state index in [9.17, 15) is 0 Å². The fourth-order valence-corrected chi connectivity index (χ4v) is 1.94. The number of nitrogens with zero attached hydrogens (tertiary/aromatic N) is 1. The minimum absolute atomic E-state index is 0.709. The quantitative estimate of drug-likeness (QED) is 0.635. The average Bonchev–Trinajstić information content (AvgIpc) is 2.28. The lowest BCUT2D eigenvalue weighted by molar-refractivity contribution is 0.212. The van der Waals surface area contributed by atoms with Gasteiger partial charge in [-0.05, 0) is 32.7 Å². The van der Waals surface area contributed by atoms with Gasteiger partial charge in [0.15, 0.2) is 0 Å². The Morgan fingerprint density at radius 1 is 1.00 bits per heavy atom. The van der Waals surface area contributed by atoms with Crippen molar-refractivity contribution in [1.82, 2.24) is 10.2 Å². The number of nitrogens with one attached hydrogen (secondary N) is 1. The highest BCUT2D eigenvalue weighted by molar-refractivity contribution is 4.68. The van der Waals surface area contributed by atoms with E-state index in [1.54, 1.807) is 0 Å². The fourth-order valence-electron chi connectivity index (χ4n) is 1.94. The molecule has 0 aromatic rings. The predicted octanol–water partition coefficient (Wildman–Crippen LogP) is 2.89. The summed E-state index contributed by atoms with van der Waals surface area (Å²) >= 11 is 0. The van der Waals surface area contributed by atoms with Gasteiger partial charge in [0.05, 0.1) is 0 Å². The molecule has 0 aromatic heterocycles. The van der Waals surface area contributed by atoms with Crippen molar-refractivity contribution < 1.29 is 0 Å². The summed E-state index contributed by atoms with van der Waals surface area (Å²) in [6, 6.07) is 1.43. The Morgan fingerprint density at radius 3 is 2.00 bits per heavy atom. The highest BCUT2D eigenvalue weighted by Crippen LogP contribution is 2.02. The number of likely N-dealkylation sites (N-methyl/N-ethyl adjacent to an activating group) is 1. The van der Waals surface area contributed by atoms with E-state index in [-0.39, 0.29) is 0 Å². The molecule has 0 saturated carbocycles. The molecule has 0 bridgehead atoms. The Hall–Kier alpha value is -0.0800. The van der Waals surface area contributed by atoms with Crippen molar-refractivity contribution in [2.24, 2.45) is 0 Å². The molecule has 0 amide bonds. The summed E-state index contributed by atoms with van der Waals surface area (Å²) in [4.78, 5) is 2.55. The molecule has 1 atom stereocenters. The van der Waals surface area contributed by atoms with E-state index >= 15 is 0 Å². The first-order chi connectivity index (χ1) is 7.19. The van der Waals surface area contributed by atoms with Gasteiger partial charge in [0.2, 0.25) is 0 Å². The van der Waals surface area contributed by atoms with Crippen LogP contribution in [0, 0.1) is 0 Å². The van der Waals surface area contributed by atoms with Crippen LogP contribution in [0.2, 0.25) is 0 Å². The van der Waals surface area contributed by atoms with Crippen LogP contribution in [0.25, 0.3) is 0 Å². The minimum atomic E-state index is 0.709. The highest BCUT2D eigenvalue weighted by atomic mass is 15.2. The average molecular weight is 214 g/mol. The van der Waals surface area contributed by atoms with Gasteiger partial charge in [-0.15, -0.1) is 0 Å². The Bertz CT molecular complexity index is 132. The van der Waals surface area contributed by atoms with Crippen LogP contribution in [0.5, 0.6) is 0 Å². The second-order valence-corrected chi connectivity index (χ2v) is 4.35. The van der Waals surface area contributed by atoms with Crippen LogP contribution < -0.4 is 5.32 Å². The maximum Gasteiger partial charge on any atom is 0.0110 e. The topological polar surface area (TPSA) is 15.3 Å². The molecule has 0 rings (SSSR count). The summed E-state index contributed by atoms with van der Waals surface area (Å²) < 4.78 is 0. The summed E-state index contributed by atoms with van der Waals surface area (Å²) in [5.41, 5.74) is 0. The van der Waals surface area contributed by atoms with Crippen molar-refractivity contribution in [3.63, 3.8) is 0 Å². The maximum absolute atomic E-state index is 3.62. The van der Waals surface area contributed by atoms with Gasteiger partial charge in [-0.3, -0.25) is 4.90 Å². The molecule has 0 fully saturated rings. The maximum atomic E-state index is 3.62. The summed E-state index contributed by atoms with van der Waals surface area (Å²) in [6.07, 6.45) is 3.73. The Morgan fingerprint density at radius 2 is 1.60 bits per heavy atom. The normalized spacial score (nSPS) is 13.8. The van der Waals surface area contributed by atoms with Crippen LogP contribution in [0.3, 0.4) is 0 Å². The molecule has 92 valence electrons. The smallest absolute Gasteiger partial charge is 0.0110 e. The van der Waals surface area contributed by atoms with Gasteiger partial charge in [-0.2, -0.15) is 0 Å². The van der Waals surface area contributed by atoms with Gasteiger partial charge < -0.3 is 5.32 Å². The number of hydrogen-bond acceptors (Lipinski definition) is 2. The fraction of sp³-hybridized carbons (Fsp3) is 1.00. The summed E-state index contributed by atoms with van der Waals surface area (Å²) in [5.74, 6) is 0. The Kier molecular flexibility index (Phi) is 9.12. The first kappa shape index (κ1) is 14.9. The van der Waals surface area contributed by atoms with Crippen LogP contribution in [-0.2, 0) is 0 Å². The van der Waals surface area contributed by atoms with E-state index in [0.29, 0.717) is 6.04 Å². The molecule has 15 heavy (non-hydrogen) atoms. The van der Waals surface area contributed by atoms with E-state index < -0.39 is 0 Å². The third kappa shape index (κ3) is 6.16. The van der Waals surface area contributed by atoms with E-state index in [1.165, 1.54) is 32.4 Å². The van der Waals surface area contributed by atoms with Gasteiger partial charge in [0.1, 0.15) is 0 Å². The van der Waals surface area contributed by atoms with E-state index in [1.807, 2.05) is 0 Å². The van der Waals surface area contributed by atoms with Gasteiger partial charge >= 0.3 is 0 Å². The second-order valence-electron chi connectivity index (χ2n) is 4.35. The van der Waals surface area contributed by atoms with Crippen molar-refractivity contribution >= 4 is 0 Å². The Balaban J connectivity index is 3.71. The zero-order valence-corrected chi connectivity index (χ0v) is 11.3. The van der Waals surface area contributed by atoms with E-state index in [2.05, 4.69) is 44.8 Å². The van der Waals surface area contributed by atoms with Crippen LogP contribution in [0.4, 0.5) is 0 Å². The van der Waals surface area contributed by atoms with Crippen molar-refractivity contribution in [2.75, 3.05) is 19.6 Å². The van der Waals surface area contributed by atoms with Crippen LogP contribution in [-0.4, -0.2) is 36.6 Å². The van der Waals surface area contributed by atoms with E-state index in [4.69, 9.17) is 0 Å². The molecule has 1 N–H and O–H groups in total. The van der Waals surface area contributed by atoms with Gasteiger partial charge in [-0.25, -0.2) is 0 Å². The third-order valence-corrected chi connectivity index (χ3v) is 3.44. The van der Waals surface area contributed by atoms with Gasteiger partial charge in [0, 0.05) is 25.2 Å². The van der Waals surface area contributed by atoms with Gasteiger partial charge in [0.25, 0.3) is 0 Å². The lowest BCUT2D eigenvalue weighted by atomic mass is 10.1. The molecule has 0 aliphatic carbocycles. The van der Waals surface area contributed by atoms with Gasteiger partial charge in [-0.1, -0.05) is 27.7 Å². The SMILES string of the molecule is CCC(CC)NCCN(CC)C(C)CC. The lowest BCUT2D eigenvalue weighted by Crippen LogP contribution is -2.40. The molecule has 2 heteroatoms. The number of rotatable bonds is 9. The Labute approximate surface area is 96.4 Å². The largest absolute Gasteiger partial charge is 0.313 e. The van der Waals surface area contributed by atoms with Crippen molar-refractivity contribution in [3.8, 4) is 0 Å². The van der Waals surface area contributed by atoms with Crippen LogP contribution in [0.15, 0.2) is 0 Å². The zero-order valence-electron chi connectivity index (χ0n) is 11.3. The van der Waals surface area contributed by atoms with Crippen molar-refractivity contribution in [2.45, 2.75) is 66.0 Å². The third-order valence-electron chi connectivity index (χ3n) is 3.44. The standard InChI is InChI=1S/C13H30N2/c1-6-12(5)15(9-4)11-10-14-13(7-2)8-3/h12-14H,6-11H2,1-5H3. The summed E-state index contributed by atoms with van der Waals surface area (Å²) in [5, 5.41) is 3.62. The molecule has 0 aromatic carbocycles. The predicted molar refractivity (Wildman–Crippen MR) is 69.4 cm³/mol. The minimum Gasteiger partial charge on any atom is -0.313 e. The molecule has 0 heterocycles. The summed E-state index contributed by atoms with van der Waals surface area (Å²) in [6.45, 7) is 14.8. The lowest BCUT2D eigenvalue weighted by Gasteiger charge is -2.27. The van der Waals surface area contributed by atoms with Crippen molar-refractivity contribution in [1.29, 1.82) is 0 Å². The van der Waals surface area contributed by atoms with Crippen LogP contribution in [0.1, 0.15) is 53.9 Å². The molecule has 2 nitrogen and oxygen atoms in total. The first-order valence-electron chi connectivity index (χ1n) is 6.66. The first-order valence-corrected chi connectivity index (χ1v) is 6.66. The highest BCUT2D eigenvalue weighted by Gasteiger charge is 2.09. The second kappa shape index (κ2) is 9.17. The molecule has 0 spiro atoms. The molecular weight excluding hydrogens is 184 g/mol. The molecule has 0 radical (unpaired) electrons. The molecule has 0 aliphatic rings. The molecule has 0 aliphatic heterocycles. The van der Waals surface area contributed by atoms with Crippen molar-refractivity contribution in [3.05, 3.63) is 0 Å². The molecule has 0 saturated heterocycles.